The van der Waals surface area contributed by atoms with Crippen LogP contribution in [0.25, 0.3) is 89.1 Å². The van der Waals surface area contributed by atoms with Crippen LogP contribution in [0.4, 0.5) is 0 Å². The zero-order valence-electron chi connectivity index (χ0n) is 28.3. The quantitative estimate of drug-likeness (QED) is 0.177. The van der Waals surface area contributed by atoms with Gasteiger partial charge in [-0.2, -0.15) is 0 Å². The van der Waals surface area contributed by atoms with Gasteiger partial charge in [-0.1, -0.05) is 103 Å². The maximum Gasteiger partial charge on any atom is 0.145 e. The summed E-state index contributed by atoms with van der Waals surface area (Å²) in [7, 11) is 0. The molecule has 7 aromatic carbocycles. The first-order chi connectivity index (χ1) is 25.8. The molecule has 3 aromatic heterocycles. The van der Waals surface area contributed by atoms with Crippen LogP contribution in [0.2, 0.25) is 0 Å². The van der Waals surface area contributed by atoms with Crippen molar-refractivity contribution < 1.29 is 0 Å². The van der Waals surface area contributed by atoms with Crippen molar-refractivity contribution in [3.05, 3.63) is 194 Å². The fourth-order valence-corrected chi connectivity index (χ4v) is 7.54. The molecule has 0 aliphatic rings. The molecule has 10 rings (SSSR count). The standard InChI is InChI=1S/C48H32N4/c1-2-15-39(16-3-1)52-47-23-9-6-20-44(47)50-48(52)38-31-36(30-37(32-38)34-13-12-14-35(29-34)43-19-10-11-28-49-43)33-24-26-40(27-25-33)51-45-21-7-4-17-41(45)42-18-5-8-22-46(42)51/h1-32H. The number of hydrogen-bond donors (Lipinski definition) is 0. The Morgan fingerprint density at radius 3 is 1.65 bits per heavy atom. The molecule has 0 saturated carbocycles. The summed E-state index contributed by atoms with van der Waals surface area (Å²) in [5.74, 6) is 0.901. The number of hydrogen-bond acceptors (Lipinski definition) is 2. The van der Waals surface area contributed by atoms with Crippen molar-refractivity contribution in [3.8, 4) is 56.3 Å². The van der Waals surface area contributed by atoms with E-state index in [4.69, 9.17) is 4.98 Å². The molecule has 0 fully saturated rings. The van der Waals surface area contributed by atoms with Gasteiger partial charge in [0, 0.05) is 39.5 Å². The molecule has 0 spiro atoms. The van der Waals surface area contributed by atoms with E-state index in [9.17, 15) is 0 Å². The smallest absolute Gasteiger partial charge is 0.145 e. The summed E-state index contributed by atoms with van der Waals surface area (Å²) in [6.07, 6.45) is 1.85. The second-order valence-corrected chi connectivity index (χ2v) is 13.1. The number of rotatable bonds is 6. The molecular weight excluding hydrogens is 633 g/mol. The number of fused-ring (bicyclic) bond motifs is 4. The summed E-state index contributed by atoms with van der Waals surface area (Å²) in [5, 5.41) is 2.52. The van der Waals surface area contributed by atoms with Gasteiger partial charge in [0.2, 0.25) is 0 Å². The fraction of sp³-hybridized carbons (Fsp3) is 0. The molecule has 4 heteroatoms. The third kappa shape index (κ3) is 5.09. The van der Waals surface area contributed by atoms with E-state index in [2.05, 4.69) is 190 Å². The highest BCUT2D eigenvalue weighted by atomic mass is 15.1. The molecule has 4 nitrogen and oxygen atoms in total. The molecule has 10 aromatic rings. The second-order valence-electron chi connectivity index (χ2n) is 13.1. The van der Waals surface area contributed by atoms with Crippen LogP contribution in [0.15, 0.2) is 194 Å². The molecule has 0 atom stereocenters. The first-order valence-corrected chi connectivity index (χ1v) is 17.6. The van der Waals surface area contributed by atoms with Crippen LogP contribution in [-0.2, 0) is 0 Å². The number of para-hydroxylation sites is 5. The topological polar surface area (TPSA) is 35.6 Å². The lowest BCUT2D eigenvalue weighted by Gasteiger charge is -2.14. The minimum absolute atomic E-state index is 0.901. The third-order valence-corrected chi connectivity index (χ3v) is 9.96. The predicted molar refractivity (Wildman–Crippen MR) is 215 cm³/mol. The van der Waals surface area contributed by atoms with Crippen LogP contribution in [0.3, 0.4) is 0 Å². The molecule has 0 aliphatic heterocycles. The van der Waals surface area contributed by atoms with Gasteiger partial charge in [0.05, 0.1) is 27.8 Å². The van der Waals surface area contributed by atoms with Crippen molar-refractivity contribution in [1.29, 1.82) is 0 Å². The average molecular weight is 665 g/mol. The van der Waals surface area contributed by atoms with Gasteiger partial charge in [0.15, 0.2) is 0 Å². The maximum atomic E-state index is 5.25. The summed E-state index contributed by atoms with van der Waals surface area (Å²) < 4.78 is 4.63. The van der Waals surface area contributed by atoms with E-state index in [1.54, 1.807) is 0 Å². The molecule has 0 unspecified atom stereocenters. The second kappa shape index (κ2) is 12.4. The van der Waals surface area contributed by atoms with Gasteiger partial charge >= 0.3 is 0 Å². The van der Waals surface area contributed by atoms with Gasteiger partial charge in [-0.05, 0) is 107 Å². The molecule has 0 aliphatic carbocycles. The van der Waals surface area contributed by atoms with Crippen LogP contribution in [0.5, 0.6) is 0 Å². The predicted octanol–water partition coefficient (Wildman–Crippen LogP) is 12.2. The van der Waals surface area contributed by atoms with Crippen molar-refractivity contribution >= 4 is 32.8 Å². The SMILES string of the molecule is c1ccc(-n2c(-c3cc(-c4ccc(-n5c6ccccc6c6ccccc65)cc4)cc(-c4cccc(-c5ccccn5)c4)c3)nc3ccccc32)cc1. The lowest BCUT2D eigenvalue weighted by Crippen LogP contribution is -1.98. The van der Waals surface area contributed by atoms with Gasteiger partial charge < -0.3 is 4.57 Å². The van der Waals surface area contributed by atoms with Crippen LogP contribution in [-0.4, -0.2) is 19.1 Å². The number of benzene rings is 7. The minimum atomic E-state index is 0.901. The van der Waals surface area contributed by atoms with E-state index in [1.165, 1.54) is 21.8 Å². The summed E-state index contributed by atoms with van der Waals surface area (Å²) in [4.78, 5) is 9.88. The molecule has 52 heavy (non-hydrogen) atoms. The molecule has 0 saturated heterocycles. The molecule has 0 N–H and O–H groups in total. The fourth-order valence-electron chi connectivity index (χ4n) is 7.54. The van der Waals surface area contributed by atoms with Crippen molar-refractivity contribution in [2.75, 3.05) is 0 Å². The van der Waals surface area contributed by atoms with E-state index in [0.29, 0.717) is 0 Å². The van der Waals surface area contributed by atoms with Gasteiger partial charge in [-0.15, -0.1) is 0 Å². The van der Waals surface area contributed by atoms with Crippen LogP contribution >= 0.6 is 0 Å². The summed E-state index contributed by atoms with van der Waals surface area (Å²) in [6.45, 7) is 0. The molecular formula is C48H32N4. The van der Waals surface area contributed by atoms with Crippen LogP contribution in [0, 0.1) is 0 Å². The van der Waals surface area contributed by atoms with Gasteiger partial charge in [0.1, 0.15) is 5.82 Å². The highest BCUT2D eigenvalue weighted by Crippen LogP contribution is 2.38. The maximum absolute atomic E-state index is 5.25. The molecule has 3 heterocycles. The first kappa shape index (κ1) is 29.8. The van der Waals surface area contributed by atoms with Crippen molar-refractivity contribution in [3.63, 3.8) is 0 Å². The van der Waals surface area contributed by atoms with Crippen LogP contribution in [0.1, 0.15) is 0 Å². The molecule has 0 bridgehead atoms. The summed E-state index contributed by atoms with van der Waals surface area (Å²) >= 11 is 0. The lowest BCUT2D eigenvalue weighted by atomic mass is 9.94. The van der Waals surface area contributed by atoms with E-state index in [-0.39, 0.29) is 0 Å². The van der Waals surface area contributed by atoms with Gasteiger partial charge in [-0.3, -0.25) is 9.55 Å². The van der Waals surface area contributed by atoms with Crippen molar-refractivity contribution in [2.24, 2.45) is 0 Å². The Balaban J connectivity index is 1.16. The van der Waals surface area contributed by atoms with Gasteiger partial charge in [0.25, 0.3) is 0 Å². The lowest BCUT2D eigenvalue weighted by molar-refractivity contribution is 1.10. The number of imidazole rings is 1. The highest BCUT2D eigenvalue weighted by Gasteiger charge is 2.18. The molecule has 244 valence electrons. The largest absolute Gasteiger partial charge is 0.309 e. The number of aromatic nitrogens is 4. The van der Waals surface area contributed by atoms with E-state index < -0.39 is 0 Å². The minimum Gasteiger partial charge on any atom is -0.309 e. The Morgan fingerprint density at radius 2 is 0.923 bits per heavy atom. The average Bonchev–Trinajstić information content (AvgIpc) is 3.78. The van der Waals surface area contributed by atoms with Crippen molar-refractivity contribution in [1.82, 2.24) is 19.1 Å². The molecule has 0 radical (unpaired) electrons. The number of nitrogens with zero attached hydrogens (tertiary/aromatic N) is 4. The third-order valence-electron chi connectivity index (χ3n) is 9.96. The Labute approximate surface area is 301 Å². The van der Waals surface area contributed by atoms with Gasteiger partial charge in [-0.25, -0.2) is 4.98 Å². The summed E-state index contributed by atoms with van der Waals surface area (Å²) in [6, 6.07) is 66.7. The van der Waals surface area contributed by atoms with Crippen LogP contribution < -0.4 is 0 Å². The van der Waals surface area contributed by atoms with E-state index in [0.717, 1.165) is 67.3 Å². The van der Waals surface area contributed by atoms with Crippen molar-refractivity contribution in [2.45, 2.75) is 0 Å². The number of pyridine rings is 1. The Bertz CT molecular complexity index is 2830. The molecule has 0 amide bonds. The normalized spacial score (nSPS) is 11.5. The Morgan fingerprint density at radius 1 is 0.346 bits per heavy atom. The zero-order valence-corrected chi connectivity index (χ0v) is 28.3. The highest BCUT2D eigenvalue weighted by molar-refractivity contribution is 6.09. The Kier molecular flexibility index (Phi) is 7.10. The monoisotopic (exact) mass is 664 g/mol. The van der Waals surface area contributed by atoms with E-state index >= 15 is 0 Å². The Hall–Kier alpha value is -7.04. The zero-order chi connectivity index (χ0) is 34.4. The van der Waals surface area contributed by atoms with E-state index in [1.807, 2.05) is 18.3 Å². The first-order valence-electron chi connectivity index (χ1n) is 17.6. The summed E-state index contributed by atoms with van der Waals surface area (Å²) in [5.41, 5.74) is 14.2.